The van der Waals surface area contributed by atoms with E-state index in [0.29, 0.717) is 21.5 Å². The number of anilines is 1. The Hall–Kier alpha value is -2.98. The molecule has 0 aliphatic rings. The quantitative estimate of drug-likeness (QED) is 0.519. The van der Waals surface area contributed by atoms with Gasteiger partial charge in [-0.3, -0.25) is 4.79 Å². The summed E-state index contributed by atoms with van der Waals surface area (Å²) in [5.74, 6) is 0.242. The summed E-state index contributed by atoms with van der Waals surface area (Å²) >= 11 is 3.21. The Morgan fingerprint density at radius 1 is 1.33 bits per heavy atom. The maximum Gasteiger partial charge on any atom is 0.266 e. The maximum atomic E-state index is 12.5. The van der Waals surface area contributed by atoms with E-state index >= 15 is 0 Å². The van der Waals surface area contributed by atoms with E-state index in [-0.39, 0.29) is 23.2 Å². The zero-order chi connectivity index (χ0) is 20.0. The monoisotopic (exact) mass is 430 g/mol. The highest BCUT2D eigenvalue weighted by molar-refractivity contribution is 9.10. The number of hydrogen-bond acceptors (Lipinski definition) is 5. The third-order valence-electron chi connectivity index (χ3n) is 3.41. The number of aromatic hydroxyl groups is 1. The van der Waals surface area contributed by atoms with Crippen LogP contribution in [0, 0.1) is 11.3 Å². The number of phenols is 1. The number of rotatable bonds is 6. The van der Waals surface area contributed by atoms with E-state index in [1.165, 1.54) is 19.3 Å². The van der Waals surface area contributed by atoms with E-state index in [1.54, 1.807) is 30.3 Å². The molecule has 0 aromatic heterocycles. The second-order valence-electron chi connectivity index (χ2n) is 5.87. The molecule has 0 aliphatic carbocycles. The number of carbonyl (C=O) groups excluding carboxylic acids is 1. The van der Waals surface area contributed by atoms with Crippen molar-refractivity contribution in [2.24, 2.45) is 0 Å². The number of nitriles is 1. The van der Waals surface area contributed by atoms with Crippen LogP contribution in [0.15, 0.2) is 46.4 Å². The van der Waals surface area contributed by atoms with Crippen LogP contribution in [0.25, 0.3) is 6.08 Å². The predicted molar refractivity (Wildman–Crippen MR) is 107 cm³/mol. The number of carbonyl (C=O) groups is 1. The Bertz CT molecular complexity index is 917. The molecule has 6 nitrogen and oxygen atoms in total. The number of methoxy groups -OCH3 is 1. The van der Waals surface area contributed by atoms with Crippen LogP contribution in [0.5, 0.6) is 17.2 Å². The third-order valence-corrected chi connectivity index (χ3v) is 4.01. The number of nitrogens with zero attached hydrogens (tertiary/aromatic N) is 1. The van der Waals surface area contributed by atoms with Gasteiger partial charge < -0.3 is 19.9 Å². The van der Waals surface area contributed by atoms with E-state index in [4.69, 9.17) is 9.47 Å². The SMILES string of the molecule is COc1cc(/C=C(/C#N)C(=O)Nc2cccc(OC(C)C)c2)cc(Br)c1O. The molecule has 0 heterocycles. The molecule has 0 spiro atoms. The van der Waals surface area contributed by atoms with Crippen molar-refractivity contribution in [3.05, 3.63) is 52.0 Å². The summed E-state index contributed by atoms with van der Waals surface area (Å²) in [6.45, 7) is 3.82. The van der Waals surface area contributed by atoms with Gasteiger partial charge in [-0.2, -0.15) is 5.26 Å². The average Bonchev–Trinajstić information content (AvgIpc) is 2.62. The number of ether oxygens (including phenoxy) is 2. The molecule has 0 radical (unpaired) electrons. The Kier molecular flexibility index (Phi) is 6.85. The number of amides is 1. The van der Waals surface area contributed by atoms with Crippen LogP contribution < -0.4 is 14.8 Å². The number of benzene rings is 2. The summed E-state index contributed by atoms with van der Waals surface area (Å²) in [6, 6.07) is 11.9. The van der Waals surface area contributed by atoms with Gasteiger partial charge >= 0.3 is 0 Å². The van der Waals surface area contributed by atoms with Gasteiger partial charge in [0.15, 0.2) is 11.5 Å². The normalized spacial score (nSPS) is 11.0. The first-order chi connectivity index (χ1) is 12.8. The van der Waals surface area contributed by atoms with Gasteiger partial charge in [-0.1, -0.05) is 6.07 Å². The van der Waals surface area contributed by atoms with Crippen LogP contribution in [0.1, 0.15) is 19.4 Å². The van der Waals surface area contributed by atoms with Gasteiger partial charge in [0.25, 0.3) is 5.91 Å². The first-order valence-corrected chi connectivity index (χ1v) is 8.89. The number of nitrogens with one attached hydrogen (secondary N) is 1. The summed E-state index contributed by atoms with van der Waals surface area (Å²) in [6.07, 6.45) is 1.42. The molecule has 27 heavy (non-hydrogen) atoms. The van der Waals surface area contributed by atoms with Gasteiger partial charge in [-0.05, 0) is 65.7 Å². The fraction of sp³-hybridized carbons (Fsp3) is 0.200. The van der Waals surface area contributed by atoms with Gasteiger partial charge in [-0.25, -0.2) is 0 Å². The molecule has 2 N–H and O–H groups in total. The van der Waals surface area contributed by atoms with Crippen LogP contribution in [-0.2, 0) is 4.79 Å². The molecule has 0 saturated carbocycles. The molecule has 2 aromatic carbocycles. The van der Waals surface area contributed by atoms with Crippen molar-refractivity contribution in [1.82, 2.24) is 0 Å². The van der Waals surface area contributed by atoms with E-state index in [2.05, 4.69) is 21.2 Å². The fourth-order valence-corrected chi connectivity index (χ4v) is 2.73. The summed E-state index contributed by atoms with van der Waals surface area (Å²) in [7, 11) is 1.42. The van der Waals surface area contributed by atoms with E-state index in [9.17, 15) is 15.2 Å². The van der Waals surface area contributed by atoms with Crippen molar-refractivity contribution in [3.8, 4) is 23.3 Å². The second kappa shape index (κ2) is 9.10. The van der Waals surface area contributed by atoms with Crippen molar-refractivity contribution in [2.75, 3.05) is 12.4 Å². The summed E-state index contributed by atoms with van der Waals surface area (Å²) < 4.78 is 11.1. The highest BCUT2D eigenvalue weighted by Gasteiger charge is 2.13. The molecule has 0 fully saturated rings. The molecule has 0 bridgehead atoms. The van der Waals surface area contributed by atoms with Crippen LogP contribution in [-0.4, -0.2) is 24.2 Å². The molecule has 7 heteroatoms. The number of hydrogen-bond donors (Lipinski definition) is 2. The number of phenolic OH excluding ortho intramolecular Hbond substituents is 1. The molecular weight excluding hydrogens is 412 g/mol. The summed E-state index contributed by atoms with van der Waals surface area (Å²) in [5.41, 5.74) is 0.953. The topological polar surface area (TPSA) is 91.6 Å². The molecule has 0 atom stereocenters. The van der Waals surface area contributed by atoms with E-state index in [1.807, 2.05) is 19.9 Å². The fourth-order valence-electron chi connectivity index (χ4n) is 2.27. The molecular formula is C20H19BrN2O4. The highest BCUT2D eigenvalue weighted by atomic mass is 79.9. The lowest BCUT2D eigenvalue weighted by Gasteiger charge is -2.11. The van der Waals surface area contributed by atoms with Crippen LogP contribution in [0.3, 0.4) is 0 Å². The molecule has 2 aromatic rings. The van der Waals surface area contributed by atoms with Crippen LogP contribution >= 0.6 is 15.9 Å². The smallest absolute Gasteiger partial charge is 0.266 e. The third kappa shape index (κ3) is 5.50. The minimum Gasteiger partial charge on any atom is -0.503 e. The van der Waals surface area contributed by atoms with Gasteiger partial charge in [-0.15, -0.1) is 0 Å². The van der Waals surface area contributed by atoms with Crippen LogP contribution in [0.2, 0.25) is 0 Å². The predicted octanol–water partition coefficient (Wildman–Crippen LogP) is 4.50. The molecule has 140 valence electrons. The zero-order valence-electron chi connectivity index (χ0n) is 15.1. The second-order valence-corrected chi connectivity index (χ2v) is 6.73. The minimum atomic E-state index is -0.553. The van der Waals surface area contributed by atoms with Crippen molar-refractivity contribution in [3.63, 3.8) is 0 Å². The highest BCUT2D eigenvalue weighted by Crippen LogP contribution is 2.35. The van der Waals surface area contributed by atoms with Gasteiger partial charge in [0.2, 0.25) is 0 Å². The largest absolute Gasteiger partial charge is 0.503 e. The molecule has 0 aliphatic heterocycles. The van der Waals surface area contributed by atoms with Crippen molar-refractivity contribution < 1.29 is 19.4 Å². The minimum absolute atomic E-state index is 0.00782. The van der Waals surface area contributed by atoms with Gasteiger partial charge in [0.05, 0.1) is 17.7 Å². The maximum absolute atomic E-state index is 12.5. The van der Waals surface area contributed by atoms with Gasteiger partial charge in [0, 0.05) is 11.8 Å². The standard InChI is InChI=1S/C20H19BrN2O4/c1-12(2)27-16-6-4-5-15(10-16)23-20(25)14(11-22)7-13-8-17(21)19(24)18(9-13)26-3/h4-10,12,24H,1-3H3,(H,23,25)/b14-7-. The Balaban J connectivity index is 2.25. The molecule has 0 unspecified atom stereocenters. The Morgan fingerprint density at radius 3 is 2.70 bits per heavy atom. The molecule has 2 rings (SSSR count). The Labute approximate surface area is 166 Å². The van der Waals surface area contributed by atoms with Crippen molar-refractivity contribution in [1.29, 1.82) is 5.26 Å². The molecule has 1 amide bonds. The summed E-state index contributed by atoms with van der Waals surface area (Å²) in [4.78, 5) is 12.5. The molecule has 0 saturated heterocycles. The lowest BCUT2D eigenvalue weighted by atomic mass is 10.1. The van der Waals surface area contributed by atoms with E-state index in [0.717, 1.165) is 0 Å². The van der Waals surface area contributed by atoms with Gasteiger partial charge in [0.1, 0.15) is 17.4 Å². The van der Waals surface area contributed by atoms with Crippen LogP contribution in [0.4, 0.5) is 5.69 Å². The zero-order valence-corrected chi connectivity index (χ0v) is 16.7. The van der Waals surface area contributed by atoms with E-state index < -0.39 is 5.91 Å². The number of halogens is 1. The lowest BCUT2D eigenvalue weighted by Crippen LogP contribution is -2.13. The summed E-state index contributed by atoms with van der Waals surface area (Å²) in [5, 5.41) is 21.9. The average molecular weight is 431 g/mol. The van der Waals surface area contributed by atoms with Crippen molar-refractivity contribution in [2.45, 2.75) is 20.0 Å². The first-order valence-electron chi connectivity index (χ1n) is 8.10. The lowest BCUT2D eigenvalue weighted by molar-refractivity contribution is -0.112. The Morgan fingerprint density at radius 2 is 2.07 bits per heavy atom. The first kappa shape index (κ1) is 20.3. The van der Waals surface area contributed by atoms with Crippen molar-refractivity contribution >= 4 is 33.6 Å².